The van der Waals surface area contributed by atoms with Crippen molar-refractivity contribution in [3.63, 3.8) is 0 Å². The summed E-state index contributed by atoms with van der Waals surface area (Å²) in [5.74, 6) is 1.05. The molecule has 2 aromatic rings. The highest BCUT2D eigenvalue weighted by Gasteiger charge is 2.26. The molecule has 0 radical (unpaired) electrons. The first-order valence-corrected chi connectivity index (χ1v) is 13.2. The zero-order chi connectivity index (χ0) is 23.7. The van der Waals surface area contributed by atoms with Crippen molar-refractivity contribution in [3.05, 3.63) is 53.1 Å². The van der Waals surface area contributed by atoms with Gasteiger partial charge in [0, 0.05) is 49.5 Å². The van der Waals surface area contributed by atoms with Crippen molar-refractivity contribution in [2.75, 3.05) is 44.2 Å². The standard InChI is InChI=1S/C27H33N5OS/c1-4-12-32(19(3)26-28-22-8-6-7-9-23(22)29-26)21-10-11-24-20(17-21)18-25(34-24)27(33)31-15-13-30(5-2)14-16-31/h6-8,10-11,17-19H,4-5,9,12-16H2,1-3H3. The van der Waals surface area contributed by atoms with Gasteiger partial charge >= 0.3 is 0 Å². The van der Waals surface area contributed by atoms with E-state index < -0.39 is 0 Å². The molecule has 1 aromatic heterocycles. The highest BCUT2D eigenvalue weighted by atomic mass is 32.1. The topological polar surface area (TPSA) is 51.5 Å². The van der Waals surface area contributed by atoms with Crippen LogP contribution in [0.5, 0.6) is 0 Å². The van der Waals surface area contributed by atoms with Gasteiger partial charge in [0.25, 0.3) is 5.91 Å². The maximum Gasteiger partial charge on any atom is 0.264 e. The van der Waals surface area contributed by atoms with Crippen molar-refractivity contribution in [1.29, 1.82) is 0 Å². The Bertz CT molecular complexity index is 1200. The van der Waals surface area contributed by atoms with Gasteiger partial charge in [-0.05, 0) is 55.6 Å². The van der Waals surface area contributed by atoms with Crippen LogP contribution in [0.4, 0.5) is 5.69 Å². The Hall–Kier alpha value is -2.77. The Morgan fingerprint density at radius 1 is 1.15 bits per heavy atom. The van der Waals surface area contributed by atoms with E-state index in [1.807, 2.05) is 11.0 Å². The molecule has 0 N–H and O–H groups in total. The van der Waals surface area contributed by atoms with Crippen molar-refractivity contribution in [2.24, 2.45) is 9.98 Å². The van der Waals surface area contributed by atoms with E-state index in [0.717, 1.165) is 90.0 Å². The number of amides is 1. The van der Waals surface area contributed by atoms with E-state index in [0.29, 0.717) is 0 Å². The first-order valence-electron chi connectivity index (χ1n) is 12.4. The number of piperazine rings is 1. The minimum atomic E-state index is 0.0750. The third-order valence-corrected chi connectivity index (χ3v) is 8.04. The van der Waals surface area contributed by atoms with E-state index in [2.05, 4.69) is 67.0 Å². The van der Waals surface area contributed by atoms with E-state index in [-0.39, 0.29) is 11.9 Å². The van der Waals surface area contributed by atoms with E-state index >= 15 is 0 Å². The number of carbonyl (C=O) groups excluding carboxylic acids is 1. The molecule has 6 nitrogen and oxygen atoms in total. The summed E-state index contributed by atoms with van der Waals surface area (Å²) in [7, 11) is 0. The molecule has 1 unspecified atom stereocenters. The quantitative estimate of drug-likeness (QED) is 0.567. The molecule has 1 aromatic carbocycles. The number of anilines is 1. The number of hydrogen-bond acceptors (Lipinski definition) is 6. The lowest BCUT2D eigenvalue weighted by Crippen LogP contribution is -2.48. The van der Waals surface area contributed by atoms with Gasteiger partial charge in [-0.1, -0.05) is 26.0 Å². The second-order valence-electron chi connectivity index (χ2n) is 9.14. The van der Waals surface area contributed by atoms with Gasteiger partial charge in [-0.3, -0.25) is 4.79 Å². The van der Waals surface area contributed by atoms with Crippen molar-refractivity contribution < 1.29 is 4.79 Å². The third-order valence-electron chi connectivity index (χ3n) is 6.94. The third kappa shape index (κ3) is 4.46. The normalized spacial score (nSPS) is 19.0. The van der Waals surface area contributed by atoms with Gasteiger partial charge in [-0.15, -0.1) is 11.3 Å². The summed E-state index contributed by atoms with van der Waals surface area (Å²) < 4.78 is 1.16. The lowest BCUT2D eigenvalue weighted by Gasteiger charge is -2.33. The Balaban J connectivity index is 1.37. The van der Waals surface area contributed by atoms with Crippen LogP contribution >= 0.6 is 11.3 Å². The molecule has 0 spiro atoms. The molecule has 3 heterocycles. The van der Waals surface area contributed by atoms with Gasteiger partial charge < -0.3 is 14.7 Å². The zero-order valence-electron chi connectivity index (χ0n) is 20.3. The molecule has 1 atom stereocenters. The number of amidine groups is 1. The predicted molar refractivity (Wildman–Crippen MR) is 144 cm³/mol. The summed E-state index contributed by atoms with van der Waals surface area (Å²) >= 11 is 1.60. The smallest absolute Gasteiger partial charge is 0.264 e. The van der Waals surface area contributed by atoms with Crippen LogP contribution < -0.4 is 4.90 Å². The van der Waals surface area contributed by atoms with E-state index in [1.165, 1.54) is 0 Å². The summed E-state index contributed by atoms with van der Waals surface area (Å²) in [6, 6.07) is 8.71. The molecule has 5 rings (SSSR count). The highest BCUT2D eigenvalue weighted by Crippen LogP contribution is 2.32. The first kappa shape index (κ1) is 23.0. The number of thiophene rings is 1. The van der Waals surface area contributed by atoms with Gasteiger partial charge in [-0.25, -0.2) is 9.98 Å². The van der Waals surface area contributed by atoms with Gasteiger partial charge in [0.15, 0.2) is 5.84 Å². The summed E-state index contributed by atoms with van der Waals surface area (Å²) in [5.41, 5.74) is 3.22. The fraction of sp³-hybridized carbons (Fsp3) is 0.444. The van der Waals surface area contributed by atoms with Crippen LogP contribution in [-0.2, 0) is 0 Å². The van der Waals surface area contributed by atoms with Gasteiger partial charge in [0.2, 0.25) is 0 Å². The summed E-state index contributed by atoms with van der Waals surface area (Å²) in [6.07, 6.45) is 8.12. The number of aliphatic imine (C=N–C) groups is 2. The van der Waals surface area contributed by atoms with E-state index in [1.54, 1.807) is 11.3 Å². The molecule has 1 saturated heterocycles. The molecule has 1 aliphatic carbocycles. The number of nitrogens with zero attached hydrogens (tertiary/aromatic N) is 5. The molecule has 1 amide bonds. The van der Waals surface area contributed by atoms with Crippen LogP contribution in [0.3, 0.4) is 0 Å². The molecule has 178 valence electrons. The second kappa shape index (κ2) is 9.84. The molecule has 1 fully saturated rings. The zero-order valence-corrected chi connectivity index (χ0v) is 21.1. The van der Waals surface area contributed by atoms with Crippen LogP contribution in [0.15, 0.2) is 58.2 Å². The Labute approximate surface area is 206 Å². The Morgan fingerprint density at radius 3 is 2.71 bits per heavy atom. The molecule has 34 heavy (non-hydrogen) atoms. The molecule has 0 bridgehead atoms. The molecular weight excluding hydrogens is 442 g/mol. The first-order chi connectivity index (χ1) is 16.6. The van der Waals surface area contributed by atoms with Gasteiger partial charge in [0.05, 0.1) is 22.3 Å². The Morgan fingerprint density at radius 2 is 1.97 bits per heavy atom. The maximum atomic E-state index is 13.2. The molecule has 3 aliphatic rings. The van der Waals surface area contributed by atoms with Crippen LogP contribution in [0.1, 0.15) is 43.3 Å². The van der Waals surface area contributed by atoms with Crippen molar-refractivity contribution >= 4 is 44.6 Å². The van der Waals surface area contributed by atoms with Crippen LogP contribution in [0.25, 0.3) is 10.1 Å². The number of carbonyl (C=O) groups is 1. The summed E-state index contributed by atoms with van der Waals surface area (Å²) in [6.45, 7) is 12.1. The number of allylic oxidation sites excluding steroid dienone is 4. The number of likely N-dealkylation sites (N-methyl/N-ethyl adjacent to an activating group) is 1. The van der Waals surface area contributed by atoms with Crippen molar-refractivity contribution in [3.8, 4) is 0 Å². The fourth-order valence-corrected chi connectivity index (χ4v) is 5.89. The largest absolute Gasteiger partial charge is 0.362 e. The Kier molecular flexibility index (Phi) is 6.66. The van der Waals surface area contributed by atoms with Crippen molar-refractivity contribution in [2.45, 2.75) is 39.7 Å². The lowest BCUT2D eigenvalue weighted by atomic mass is 10.1. The summed E-state index contributed by atoms with van der Waals surface area (Å²) in [4.78, 5) is 30.4. The minimum Gasteiger partial charge on any atom is -0.362 e. The maximum absolute atomic E-state index is 13.2. The predicted octanol–water partition coefficient (Wildman–Crippen LogP) is 4.98. The van der Waals surface area contributed by atoms with E-state index in [4.69, 9.17) is 9.98 Å². The lowest BCUT2D eigenvalue weighted by molar-refractivity contribution is 0.0648. The monoisotopic (exact) mass is 475 g/mol. The van der Waals surface area contributed by atoms with Crippen molar-refractivity contribution in [1.82, 2.24) is 9.80 Å². The van der Waals surface area contributed by atoms with Crippen LogP contribution in [-0.4, -0.2) is 72.6 Å². The van der Waals surface area contributed by atoms with E-state index in [9.17, 15) is 4.79 Å². The number of hydrogen-bond donors (Lipinski definition) is 0. The molecule has 2 aliphatic heterocycles. The van der Waals surface area contributed by atoms with Gasteiger partial charge in [0.1, 0.15) is 0 Å². The average Bonchev–Trinajstić information content (AvgIpc) is 3.50. The second-order valence-corrected chi connectivity index (χ2v) is 10.2. The van der Waals surface area contributed by atoms with Crippen LogP contribution in [0.2, 0.25) is 0 Å². The fourth-order valence-electron chi connectivity index (χ4n) is 4.88. The molecule has 0 saturated carbocycles. The summed E-state index contributed by atoms with van der Waals surface area (Å²) in [5, 5.41) is 1.13. The molecular formula is C27H33N5OS. The number of benzene rings is 1. The highest BCUT2D eigenvalue weighted by molar-refractivity contribution is 7.20. The average molecular weight is 476 g/mol. The van der Waals surface area contributed by atoms with Gasteiger partial charge in [-0.2, -0.15) is 0 Å². The SMILES string of the molecule is CCCN(c1ccc2sc(C(=O)N3CCN(CC)CC3)cc2c1)C(C)C1=NC2=CC=CCC2=N1. The number of fused-ring (bicyclic) bond motifs is 2. The molecule has 7 heteroatoms. The van der Waals surface area contributed by atoms with Crippen LogP contribution in [0, 0.1) is 0 Å². The number of rotatable bonds is 7. The minimum absolute atomic E-state index is 0.0750.